The molecule has 1 atom stereocenters. The van der Waals surface area contributed by atoms with Crippen molar-refractivity contribution in [3.8, 4) is 11.5 Å². The van der Waals surface area contributed by atoms with Crippen molar-refractivity contribution in [3.05, 3.63) is 18.2 Å². The molecular weight excluding hydrogens is 264 g/mol. The normalized spacial score (nSPS) is 18.1. The lowest BCUT2D eigenvalue weighted by Gasteiger charge is -2.14. The summed E-state index contributed by atoms with van der Waals surface area (Å²) in [7, 11) is 1.51. The molecule has 0 aromatic heterocycles. The number of anilines is 1. The highest BCUT2D eigenvalue weighted by molar-refractivity contribution is 7.80. The third kappa shape index (κ3) is 3.97. The third-order valence-electron chi connectivity index (χ3n) is 2.95. The number of benzene rings is 1. The fourth-order valence-corrected chi connectivity index (χ4v) is 2.16. The number of ether oxygens (including phenoxy) is 2. The molecule has 6 heteroatoms. The molecule has 1 saturated heterocycles. The first-order valence-corrected chi connectivity index (χ1v) is 6.63. The standard InChI is InChI=1S/C13H18N2O3S/c1-17-12-5-4-9(7-11(12)16)15-13(19)14-8-10-3-2-6-18-10/h4-5,7,10,16H,2-3,6,8H2,1H3,(H2,14,15,19)/t10-/m0/s1. The zero-order chi connectivity index (χ0) is 13.7. The lowest BCUT2D eigenvalue weighted by Crippen LogP contribution is -2.34. The molecule has 19 heavy (non-hydrogen) atoms. The van der Waals surface area contributed by atoms with E-state index in [9.17, 15) is 5.11 Å². The Labute approximate surface area is 117 Å². The predicted molar refractivity (Wildman–Crippen MR) is 77.9 cm³/mol. The van der Waals surface area contributed by atoms with Crippen LogP contribution in [-0.2, 0) is 4.74 Å². The van der Waals surface area contributed by atoms with Crippen LogP contribution in [-0.4, -0.2) is 36.6 Å². The third-order valence-corrected chi connectivity index (χ3v) is 3.20. The van der Waals surface area contributed by atoms with Crippen molar-refractivity contribution in [2.24, 2.45) is 0 Å². The van der Waals surface area contributed by atoms with E-state index in [1.807, 2.05) is 0 Å². The fraction of sp³-hybridized carbons (Fsp3) is 0.462. The highest BCUT2D eigenvalue weighted by atomic mass is 32.1. The minimum Gasteiger partial charge on any atom is -0.504 e. The van der Waals surface area contributed by atoms with E-state index in [4.69, 9.17) is 21.7 Å². The second kappa shape index (κ2) is 6.58. The Bertz CT molecular complexity index is 448. The van der Waals surface area contributed by atoms with Gasteiger partial charge in [-0.25, -0.2) is 0 Å². The number of phenolic OH excluding ortho intramolecular Hbond substituents is 1. The molecule has 1 aliphatic rings. The average Bonchev–Trinajstić information content (AvgIpc) is 2.90. The van der Waals surface area contributed by atoms with Crippen LogP contribution in [0.25, 0.3) is 0 Å². The van der Waals surface area contributed by atoms with E-state index in [1.54, 1.807) is 18.2 Å². The quantitative estimate of drug-likeness (QED) is 0.733. The van der Waals surface area contributed by atoms with Gasteiger partial charge in [0.1, 0.15) is 0 Å². The Morgan fingerprint density at radius 3 is 3.05 bits per heavy atom. The van der Waals surface area contributed by atoms with Gasteiger partial charge in [0, 0.05) is 24.9 Å². The Hall–Kier alpha value is -1.53. The van der Waals surface area contributed by atoms with Crippen molar-refractivity contribution >= 4 is 23.0 Å². The first kappa shape index (κ1) is 13.9. The van der Waals surface area contributed by atoms with E-state index in [2.05, 4.69) is 10.6 Å². The molecule has 1 aliphatic heterocycles. The topological polar surface area (TPSA) is 62.8 Å². The lowest BCUT2D eigenvalue weighted by atomic mass is 10.2. The van der Waals surface area contributed by atoms with Crippen LogP contribution in [0, 0.1) is 0 Å². The number of hydrogen-bond donors (Lipinski definition) is 3. The molecule has 1 heterocycles. The Morgan fingerprint density at radius 2 is 2.42 bits per heavy atom. The summed E-state index contributed by atoms with van der Waals surface area (Å²) in [5.41, 5.74) is 0.711. The maximum absolute atomic E-state index is 9.66. The molecule has 0 saturated carbocycles. The monoisotopic (exact) mass is 282 g/mol. The van der Waals surface area contributed by atoms with Crippen LogP contribution >= 0.6 is 12.2 Å². The highest BCUT2D eigenvalue weighted by Crippen LogP contribution is 2.28. The predicted octanol–water partition coefficient (Wildman–Crippen LogP) is 1.87. The van der Waals surface area contributed by atoms with Crippen LogP contribution in [0.5, 0.6) is 11.5 Å². The van der Waals surface area contributed by atoms with Crippen molar-refractivity contribution in [1.82, 2.24) is 5.32 Å². The summed E-state index contributed by atoms with van der Waals surface area (Å²) in [5.74, 6) is 0.512. The molecule has 0 bridgehead atoms. The molecule has 0 aliphatic carbocycles. The van der Waals surface area contributed by atoms with Crippen LogP contribution in [0.2, 0.25) is 0 Å². The number of rotatable bonds is 4. The fourth-order valence-electron chi connectivity index (χ4n) is 1.95. The zero-order valence-electron chi connectivity index (χ0n) is 10.8. The Morgan fingerprint density at radius 1 is 1.58 bits per heavy atom. The molecule has 0 radical (unpaired) electrons. The molecule has 1 fully saturated rings. The SMILES string of the molecule is COc1ccc(NC(=S)NC[C@@H]2CCCO2)cc1O. The number of aromatic hydroxyl groups is 1. The minimum absolute atomic E-state index is 0.0782. The Balaban J connectivity index is 1.82. The lowest BCUT2D eigenvalue weighted by molar-refractivity contribution is 0.114. The van der Waals surface area contributed by atoms with Crippen molar-refractivity contribution in [1.29, 1.82) is 0 Å². The molecule has 104 valence electrons. The first-order chi connectivity index (χ1) is 9.19. The van der Waals surface area contributed by atoms with Crippen molar-refractivity contribution in [2.45, 2.75) is 18.9 Å². The summed E-state index contributed by atoms with van der Waals surface area (Å²) >= 11 is 5.18. The molecular formula is C13H18N2O3S. The molecule has 1 aromatic rings. The van der Waals surface area contributed by atoms with E-state index in [1.165, 1.54) is 7.11 Å². The zero-order valence-corrected chi connectivity index (χ0v) is 11.6. The molecule has 0 unspecified atom stereocenters. The van der Waals surface area contributed by atoms with E-state index in [-0.39, 0.29) is 11.9 Å². The maximum Gasteiger partial charge on any atom is 0.170 e. The van der Waals surface area contributed by atoms with Crippen LogP contribution in [0.1, 0.15) is 12.8 Å². The average molecular weight is 282 g/mol. The van der Waals surface area contributed by atoms with Gasteiger partial charge < -0.3 is 25.2 Å². The van der Waals surface area contributed by atoms with Crippen molar-refractivity contribution in [3.63, 3.8) is 0 Å². The number of hydrogen-bond acceptors (Lipinski definition) is 4. The largest absolute Gasteiger partial charge is 0.504 e. The first-order valence-electron chi connectivity index (χ1n) is 6.22. The molecule has 1 aromatic carbocycles. The second-order valence-corrected chi connectivity index (χ2v) is 4.76. The van der Waals surface area contributed by atoms with Crippen molar-refractivity contribution in [2.75, 3.05) is 25.6 Å². The summed E-state index contributed by atoms with van der Waals surface area (Å²) < 4.78 is 10.5. The minimum atomic E-state index is 0.0782. The van der Waals surface area contributed by atoms with E-state index >= 15 is 0 Å². The molecule has 2 rings (SSSR count). The summed E-state index contributed by atoms with van der Waals surface area (Å²) in [6.45, 7) is 1.53. The summed E-state index contributed by atoms with van der Waals surface area (Å²) in [6, 6.07) is 5.04. The summed E-state index contributed by atoms with van der Waals surface area (Å²) in [6.07, 6.45) is 2.42. The number of phenols is 1. The molecule has 0 spiro atoms. The van der Waals surface area contributed by atoms with E-state index in [0.717, 1.165) is 19.4 Å². The molecule has 0 amide bonds. The molecule has 3 N–H and O–H groups in total. The smallest absolute Gasteiger partial charge is 0.170 e. The van der Waals surface area contributed by atoms with Gasteiger partial charge in [-0.15, -0.1) is 0 Å². The van der Waals surface area contributed by atoms with Gasteiger partial charge >= 0.3 is 0 Å². The van der Waals surface area contributed by atoms with Gasteiger partial charge in [-0.2, -0.15) is 0 Å². The van der Waals surface area contributed by atoms with E-state index < -0.39 is 0 Å². The number of nitrogens with one attached hydrogen (secondary N) is 2. The van der Waals surface area contributed by atoms with Crippen molar-refractivity contribution < 1.29 is 14.6 Å². The summed E-state index contributed by atoms with van der Waals surface area (Å²) in [5, 5.41) is 16.3. The van der Waals surface area contributed by atoms with Gasteiger partial charge in [0.2, 0.25) is 0 Å². The van der Waals surface area contributed by atoms with Crippen LogP contribution in [0.15, 0.2) is 18.2 Å². The van der Waals surface area contributed by atoms with Gasteiger partial charge in [0.15, 0.2) is 16.6 Å². The van der Waals surface area contributed by atoms with Gasteiger partial charge in [0.05, 0.1) is 13.2 Å². The maximum atomic E-state index is 9.66. The molecule has 5 nitrogen and oxygen atoms in total. The van der Waals surface area contributed by atoms with Crippen LogP contribution in [0.4, 0.5) is 5.69 Å². The second-order valence-electron chi connectivity index (χ2n) is 4.36. The number of methoxy groups -OCH3 is 1. The van der Waals surface area contributed by atoms with Gasteiger partial charge in [-0.05, 0) is 37.2 Å². The van der Waals surface area contributed by atoms with Gasteiger partial charge in [-0.3, -0.25) is 0 Å². The Kier molecular flexibility index (Phi) is 4.81. The van der Waals surface area contributed by atoms with Crippen LogP contribution < -0.4 is 15.4 Å². The number of thiocarbonyl (C=S) groups is 1. The van der Waals surface area contributed by atoms with Gasteiger partial charge in [-0.1, -0.05) is 0 Å². The summed E-state index contributed by atoms with van der Waals surface area (Å²) in [4.78, 5) is 0. The highest BCUT2D eigenvalue weighted by Gasteiger charge is 2.15. The van der Waals surface area contributed by atoms with Gasteiger partial charge in [0.25, 0.3) is 0 Å². The van der Waals surface area contributed by atoms with E-state index in [0.29, 0.717) is 23.1 Å². The van der Waals surface area contributed by atoms with Crippen LogP contribution in [0.3, 0.4) is 0 Å².